The van der Waals surface area contributed by atoms with Crippen molar-refractivity contribution in [2.75, 3.05) is 7.11 Å². The van der Waals surface area contributed by atoms with Crippen molar-refractivity contribution in [2.24, 2.45) is 0 Å². The van der Waals surface area contributed by atoms with Crippen LogP contribution in [0, 0.1) is 6.92 Å². The summed E-state index contributed by atoms with van der Waals surface area (Å²) in [6.45, 7) is 7.79. The maximum Gasteiger partial charge on any atom is 0.254 e. The van der Waals surface area contributed by atoms with Crippen molar-refractivity contribution in [2.45, 2.75) is 26.9 Å². The van der Waals surface area contributed by atoms with Crippen LogP contribution in [0.2, 0.25) is 0 Å². The van der Waals surface area contributed by atoms with Gasteiger partial charge in [0.2, 0.25) is 0 Å². The zero-order valence-corrected chi connectivity index (χ0v) is 9.39. The third-order valence-corrected chi connectivity index (χ3v) is 1.98. The summed E-state index contributed by atoms with van der Waals surface area (Å²) < 4.78 is 5.02. The maximum absolute atomic E-state index is 11.7. The van der Waals surface area contributed by atoms with Gasteiger partial charge in [-0.2, -0.15) is 0 Å². The molecule has 0 amide bonds. The van der Waals surface area contributed by atoms with Crippen LogP contribution in [0.15, 0.2) is 16.9 Å². The van der Waals surface area contributed by atoms with Crippen molar-refractivity contribution in [1.29, 1.82) is 0 Å². The Kier molecular flexibility index (Phi) is 3.80. The number of methoxy groups -OCH3 is 1. The van der Waals surface area contributed by atoms with E-state index in [1.807, 2.05) is 6.92 Å². The SMILES string of the molecule is C=C(C)Cc1c(COC)nc(C)[nH]c1=O. The van der Waals surface area contributed by atoms with Crippen molar-refractivity contribution in [3.63, 3.8) is 0 Å². The van der Waals surface area contributed by atoms with E-state index in [-0.39, 0.29) is 5.56 Å². The molecule has 1 aromatic heterocycles. The number of ether oxygens (including phenoxy) is 1. The molecule has 1 N–H and O–H groups in total. The van der Waals surface area contributed by atoms with Crippen molar-refractivity contribution in [3.8, 4) is 0 Å². The van der Waals surface area contributed by atoms with Gasteiger partial charge >= 0.3 is 0 Å². The number of aromatic nitrogens is 2. The van der Waals surface area contributed by atoms with Crippen LogP contribution >= 0.6 is 0 Å². The Bertz CT molecular complexity index is 421. The Balaban J connectivity index is 3.20. The van der Waals surface area contributed by atoms with Crippen molar-refractivity contribution < 1.29 is 4.74 Å². The Morgan fingerprint density at radius 2 is 2.27 bits per heavy atom. The Labute approximate surface area is 89.0 Å². The molecule has 0 aliphatic heterocycles. The Morgan fingerprint density at radius 1 is 1.60 bits per heavy atom. The quantitative estimate of drug-likeness (QED) is 0.760. The van der Waals surface area contributed by atoms with Crippen LogP contribution in [-0.2, 0) is 17.8 Å². The van der Waals surface area contributed by atoms with E-state index in [0.717, 1.165) is 5.57 Å². The Morgan fingerprint density at radius 3 is 2.80 bits per heavy atom. The highest BCUT2D eigenvalue weighted by Crippen LogP contribution is 2.07. The first kappa shape index (κ1) is 11.7. The number of aryl methyl sites for hydroxylation is 1. The highest BCUT2D eigenvalue weighted by Gasteiger charge is 2.09. The molecule has 0 aliphatic rings. The second kappa shape index (κ2) is 4.89. The lowest BCUT2D eigenvalue weighted by Gasteiger charge is -2.07. The summed E-state index contributed by atoms with van der Waals surface area (Å²) in [5.74, 6) is 0.609. The molecule has 0 radical (unpaired) electrons. The van der Waals surface area contributed by atoms with Gasteiger partial charge in [0.05, 0.1) is 12.3 Å². The molecule has 1 rings (SSSR count). The second-order valence-electron chi connectivity index (χ2n) is 3.64. The second-order valence-corrected chi connectivity index (χ2v) is 3.64. The van der Waals surface area contributed by atoms with Gasteiger partial charge in [-0.3, -0.25) is 4.79 Å². The average Bonchev–Trinajstić information content (AvgIpc) is 2.11. The highest BCUT2D eigenvalue weighted by molar-refractivity contribution is 5.22. The number of nitrogens with zero attached hydrogens (tertiary/aromatic N) is 1. The molecule has 0 atom stereocenters. The molecule has 82 valence electrons. The lowest BCUT2D eigenvalue weighted by atomic mass is 10.1. The first-order valence-corrected chi connectivity index (χ1v) is 4.76. The number of hydrogen-bond acceptors (Lipinski definition) is 3. The fourth-order valence-electron chi connectivity index (χ4n) is 1.41. The molecule has 0 saturated carbocycles. The van der Waals surface area contributed by atoms with Gasteiger partial charge in [0.25, 0.3) is 5.56 Å². The number of aromatic amines is 1. The minimum absolute atomic E-state index is 0.0995. The minimum atomic E-state index is -0.0995. The predicted octanol–water partition coefficient (Wildman–Crippen LogP) is 1.34. The fraction of sp³-hybridized carbons (Fsp3) is 0.455. The normalized spacial score (nSPS) is 10.3. The molecular weight excluding hydrogens is 192 g/mol. The summed E-state index contributed by atoms with van der Waals surface area (Å²) in [6, 6.07) is 0. The molecule has 4 heteroatoms. The van der Waals surface area contributed by atoms with E-state index in [2.05, 4.69) is 16.5 Å². The van der Waals surface area contributed by atoms with E-state index in [9.17, 15) is 4.79 Å². The molecule has 0 spiro atoms. The number of H-pyrrole nitrogens is 1. The Hall–Kier alpha value is -1.42. The maximum atomic E-state index is 11.7. The smallest absolute Gasteiger partial charge is 0.254 e. The van der Waals surface area contributed by atoms with Crippen LogP contribution < -0.4 is 5.56 Å². The molecule has 1 heterocycles. The summed E-state index contributed by atoms with van der Waals surface area (Å²) in [5.41, 5.74) is 2.18. The third kappa shape index (κ3) is 3.02. The van der Waals surface area contributed by atoms with Crippen molar-refractivity contribution >= 4 is 0 Å². The topological polar surface area (TPSA) is 55.0 Å². The zero-order valence-electron chi connectivity index (χ0n) is 9.39. The molecule has 0 saturated heterocycles. The van der Waals surface area contributed by atoms with Crippen LogP contribution in [0.1, 0.15) is 24.0 Å². The van der Waals surface area contributed by atoms with E-state index < -0.39 is 0 Å². The van der Waals surface area contributed by atoms with Gasteiger partial charge in [0.1, 0.15) is 5.82 Å². The molecule has 0 aromatic carbocycles. The van der Waals surface area contributed by atoms with Gasteiger partial charge in [0.15, 0.2) is 0 Å². The van der Waals surface area contributed by atoms with Crippen LogP contribution in [0.25, 0.3) is 0 Å². The van der Waals surface area contributed by atoms with Crippen LogP contribution in [0.4, 0.5) is 0 Å². The van der Waals surface area contributed by atoms with Crippen molar-refractivity contribution in [3.05, 3.63) is 39.6 Å². The van der Waals surface area contributed by atoms with E-state index in [4.69, 9.17) is 4.74 Å². The molecule has 15 heavy (non-hydrogen) atoms. The number of allylic oxidation sites excluding steroid dienone is 1. The molecule has 0 bridgehead atoms. The number of hydrogen-bond donors (Lipinski definition) is 1. The average molecular weight is 208 g/mol. The van der Waals surface area contributed by atoms with Gasteiger partial charge < -0.3 is 9.72 Å². The van der Waals surface area contributed by atoms with E-state index >= 15 is 0 Å². The van der Waals surface area contributed by atoms with Crippen LogP contribution in [0.5, 0.6) is 0 Å². The van der Waals surface area contributed by atoms with Crippen LogP contribution in [-0.4, -0.2) is 17.1 Å². The van der Waals surface area contributed by atoms with Crippen LogP contribution in [0.3, 0.4) is 0 Å². The van der Waals surface area contributed by atoms with Gasteiger partial charge in [-0.1, -0.05) is 12.2 Å². The number of rotatable bonds is 4. The van der Waals surface area contributed by atoms with E-state index in [1.165, 1.54) is 0 Å². The zero-order chi connectivity index (χ0) is 11.4. The molecule has 0 fully saturated rings. The monoisotopic (exact) mass is 208 g/mol. The van der Waals surface area contributed by atoms with E-state index in [1.54, 1.807) is 14.0 Å². The molecular formula is C11H16N2O2. The third-order valence-electron chi connectivity index (χ3n) is 1.98. The standard InChI is InChI=1S/C11H16N2O2/c1-7(2)5-9-10(6-15-4)12-8(3)13-11(9)14/h1,5-6H2,2-4H3,(H,12,13,14). The summed E-state index contributed by atoms with van der Waals surface area (Å²) in [7, 11) is 1.59. The fourth-order valence-corrected chi connectivity index (χ4v) is 1.41. The first-order valence-electron chi connectivity index (χ1n) is 4.76. The molecule has 0 unspecified atom stereocenters. The molecule has 0 aliphatic carbocycles. The first-order chi connectivity index (χ1) is 7.04. The lowest BCUT2D eigenvalue weighted by Crippen LogP contribution is -2.19. The van der Waals surface area contributed by atoms with Crippen molar-refractivity contribution in [1.82, 2.24) is 9.97 Å². The largest absolute Gasteiger partial charge is 0.378 e. The van der Waals surface area contributed by atoms with E-state index in [0.29, 0.717) is 30.1 Å². The molecule has 4 nitrogen and oxygen atoms in total. The lowest BCUT2D eigenvalue weighted by molar-refractivity contribution is 0.180. The van der Waals surface area contributed by atoms with Gasteiger partial charge in [0, 0.05) is 19.1 Å². The van der Waals surface area contributed by atoms with Gasteiger partial charge in [-0.25, -0.2) is 4.98 Å². The van der Waals surface area contributed by atoms with Gasteiger partial charge in [-0.05, 0) is 13.8 Å². The predicted molar refractivity (Wildman–Crippen MR) is 58.8 cm³/mol. The summed E-state index contributed by atoms with van der Waals surface area (Å²) in [4.78, 5) is 18.6. The minimum Gasteiger partial charge on any atom is -0.378 e. The molecule has 1 aromatic rings. The summed E-state index contributed by atoms with van der Waals surface area (Å²) >= 11 is 0. The summed E-state index contributed by atoms with van der Waals surface area (Å²) in [5, 5.41) is 0. The highest BCUT2D eigenvalue weighted by atomic mass is 16.5. The van der Waals surface area contributed by atoms with Gasteiger partial charge in [-0.15, -0.1) is 0 Å². The number of nitrogens with one attached hydrogen (secondary N) is 1. The summed E-state index contributed by atoms with van der Waals surface area (Å²) in [6.07, 6.45) is 0.543.